The Morgan fingerprint density at radius 1 is 1.28 bits per heavy atom. The lowest BCUT2D eigenvalue weighted by molar-refractivity contribution is -0.0527. The molecule has 3 rings (SSSR count). The summed E-state index contributed by atoms with van der Waals surface area (Å²) in [5, 5.41) is 9.31. The average Bonchev–Trinajstić information content (AvgIpc) is 3.03. The first-order valence-electron chi connectivity index (χ1n) is 8.03. The zero-order valence-electron chi connectivity index (χ0n) is 15.0. The number of pyridine rings is 1. The summed E-state index contributed by atoms with van der Waals surface area (Å²) in [6, 6.07) is 0.569. The molecule has 0 saturated carbocycles. The maximum Gasteiger partial charge on any atom is 0.388 e. The van der Waals surface area contributed by atoms with Crippen LogP contribution in [0.15, 0.2) is 24.7 Å². The molecule has 1 unspecified atom stereocenters. The number of anilines is 2. The molecule has 0 aliphatic heterocycles. The van der Waals surface area contributed by atoms with Crippen LogP contribution in [-0.2, 0) is 4.74 Å². The van der Waals surface area contributed by atoms with Crippen LogP contribution >= 0.6 is 23.2 Å². The molecule has 0 aliphatic rings. The number of methoxy groups -OCH3 is 1. The van der Waals surface area contributed by atoms with Crippen LogP contribution in [0, 0.1) is 0 Å². The van der Waals surface area contributed by atoms with Gasteiger partial charge in [0.2, 0.25) is 5.88 Å². The van der Waals surface area contributed by atoms with Gasteiger partial charge in [0.15, 0.2) is 5.65 Å². The zero-order chi connectivity index (χ0) is 21.1. The van der Waals surface area contributed by atoms with Crippen molar-refractivity contribution in [2.45, 2.75) is 19.6 Å². The normalized spacial score (nSPS) is 12.2. The predicted octanol–water partition coefficient (Wildman–Crippen LogP) is 4.38. The minimum absolute atomic E-state index is 0.161. The summed E-state index contributed by atoms with van der Waals surface area (Å²) in [5.41, 5.74) is 1.47. The van der Waals surface area contributed by atoms with E-state index >= 15 is 0 Å². The summed E-state index contributed by atoms with van der Waals surface area (Å²) < 4.78 is 35.5. The van der Waals surface area contributed by atoms with Gasteiger partial charge in [0, 0.05) is 7.11 Å². The predicted molar refractivity (Wildman–Crippen MR) is 102 cm³/mol. The Bertz CT molecular complexity index is 1050. The van der Waals surface area contributed by atoms with Crippen LogP contribution in [0.3, 0.4) is 0 Å². The minimum Gasteiger partial charge on any atom is -0.415 e. The maximum absolute atomic E-state index is 12.4. The number of hydrogen-bond donors (Lipinski definition) is 2. The highest BCUT2D eigenvalue weighted by Crippen LogP contribution is 2.30. The lowest BCUT2D eigenvalue weighted by atomic mass is 10.1. The third-order valence-corrected chi connectivity index (χ3v) is 4.23. The van der Waals surface area contributed by atoms with Crippen LogP contribution in [0.25, 0.3) is 5.65 Å². The fraction of sp³-hybridized carbons (Fsp3) is 0.250. The first-order chi connectivity index (χ1) is 13.8. The van der Waals surface area contributed by atoms with E-state index in [0.717, 1.165) is 6.20 Å². The van der Waals surface area contributed by atoms with E-state index < -0.39 is 24.6 Å². The molecule has 0 fully saturated rings. The quantitative estimate of drug-likeness (QED) is 0.582. The molecule has 3 aromatic heterocycles. The van der Waals surface area contributed by atoms with Gasteiger partial charge in [0.25, 0.3) is 0 Å². The van der Waals surface area contributed by atoms with E-state index in [-0.39, 0.29) is 15.9 Å². The topological polar surface area (TPSA) is 103 Å². The van der Waals surface area contributed by atoms with E-state index in [2.05, 4.69) is 30.4 Å². The van der Waals surface area contributed by atoms with Crippen molar-refractivity contribution in [3.63, 3.8) is 0 Å². The Morgan fingerprint density at radius 3 is 2.69 bits per heavy atom. The smallest absolute Gasteiger partial charge is 0.388 e. The Kier molecular flexibility index (Phi) is 6.30. The summed E-state index contributed by atoms with van der Waals surface area (Å²) in [6.45, 7) is -1.30. The highest BCUT2D eigenvalue weighted by molar-refractivity contribution is 6.32. The molecule has 29 heavy (non-hydrogen) atoms. The summed E-state index contributed by atoms with van der Waals surface area (Å²) >= 11 is 11.8. The van der Waals surface area contributed by atoms with Crippen molar-refractivity contribution >= 4 is 46.3 Å². The number of amides is 2. The monoisotopic (exact) mass is 446 g/mol. The Hall–Kier alpha value is -2.76. The fourth-order valence-corrected chi connectivity index (χ4v) is 2.88. The number of nitrogens with one attached hydrogen (secondary N) is 2. The van der Waals surface area contributed by atoms with E-state index in [0.29, 0.717) is 16.9 Å². The van der Waals surface area contributed by atoms with E-state index in [1.165, 1.54) is 30.1 Å². The van der Waals surface area contributed by atoms with Crippen molar-refractivity contribution in [3.05, 3.63) is 40.4 Å². The van der Waals surface area contributed by atoms with Gasteiger partial charge in [-0.1, -0.05) is 23.2 Å². The average molecular weight is 447 g/mol. The van der Waals surface area contributed by atoms with Gasteiger partial charge in [-0.05, 0) is 13.0 Å². The number of carbonyl (C=O) groups is 1. The largest absolute Gasteiger partial charge is 0.415 e. The number of rotatable bonds is 6. The molecule has 0 saturated heterocycles. The van der Waals surface area contributed by atoms with Crippen molar-refractivity contribution in [1.29, 1.82) is 0 Å². The number of halogens is 4. The molecule has 154 valence electrons. The highest BCUT2D eigenvalue weighted by atomic mass is 35.5. The van der Waals surface area contributed by atoms with Crippen molar-refractivity contribution < 1.29 is 23.0 Å². The first-order valence-corrected chi connectivity index (χ1v) is 8.79. The molecule has 0 radical (unpaired) electrons. The summed E-state index contributed by atoms with van der Waals surface area (Å²) in [6.07, 6.45) is 3.62. The minimum atomic E-state index is -3.07. The fourth-order valence-electron chi connectivity index (χ4n) is 2.49. The summed E-state index contributed by atoms with van der Waals surface area (Å²) in [4.78, 5) is 20.2. The molecular weight excluding hydrogens is 433 g/mol. The lowest BCUT2D eigenvalue weighted by Crippen LogP contribution is -2.21. The first kappa shape index (κ1) is 21.0. The molecule has 2 amide bonds. The zero-order valence-corrected chi connectivity index (χ0v) is 16.5. The molecule has 9 nitrogen and oxygen atoms in total. The van der Waals surface area contributed by atoms with Gasteiger partial charge in [-0.2, -0.15) is 13.9 Å². The molecule has 3 heterocycles. The number of imidazole rings is 1. The standard InChI is InChI=1S/C16H14Cl2F2N6O3/c1-7(28-2)12-10(5-22-26-6-11(18)25-13(12)26)24-16(27)23-8-3-9(17)14(21-4-8)29-15(19)20/h3-7,15H,1-2H3,(H2,23,24,27). The second-order valence-corrected chi connectivity index (χ2v) is 6.44. The van der Waals surface area contributed by atoms with E-state index in [1.807, 2.05) is 0 Å². The molecule has 13 heteroatoms. The van der Waals surface area contributed by atoms with Crippen molar-refractivity contribution in [1.82, 2.24) is 19.6 Å². The van der Waals surface area contributed by atoms with Gasteiger partial charge in [0.1, 0.15) is 10.2 Å². The van der Waals surface area contributed by atoms with Crippen LogP contribution in [0.4, 0.5) is 25.0 Å². The second kappa shape index (κ2) is 8.72. The van der Waals surface area contributed by atoms with E-state index in [4.69, 9.17) is 27.9 Å². The van der Waals surface area contributed by atoms with Crippen molar-refractivity contribution in [3.8, 4) is 5.88 Å². The van der Waals surface area contributed by atoms with Crippen LogP contribution in [0.2, 0.25) is 10.2 Å². The number of urea groups is 1. The number of ether oxygens (including phenoxy) is 2. The van der Waals surface area contributed by atoms with Crippen molar-refractivity contribution in [2.24, 2.45) is 0 Å². The third kappa shape index (κ3) is 4.81. The van der Waals surface area contributed by atoms with Crippen LogP contribution < -0.4 is 15.4 Å². The molecule has 2 N–H and O–H groups in total. The number of hydrogen-bond acceptors (Lipinski definition) is 6. The Balaban J connectivity index is 1.82. The van der Waals surface area contributed by atoms with E-state index in [9.17, 15) is 13.6 Å². The third-order valence-electron chi connectivity index (χ3n) is 3.78. The Morgan fingerprint density at radius 2 is 2.03 bits per heavy atom. The highest BCUT2D eigenvalue weighted by Gasteiger charge is 2.20. The maximum atomic E-state index is 12.4. The van der Waals surface area contributed by atoms with Gasteiger partial charge in [-0.25, -0.2) is 19.3 Å². The molecular formula is C16H14Cl2F2N6O3. The SMILES string of the molecule is COC(C)c1c(NC(=O)Nc2cnc(OC(F)F)c(Cl)c2)cnn2cc(Cl)nc12. The number of nitrogens with zero attached hydrogens (tertiary/aromatic N) is 4. The molecule has 0 spiro atoms. The van der Waals surface area contributed by atoms with E-state index in [1.54, 1.807) is 6.92 Å². The second-order valence-electron chi connectivity index (χ2n) is 5.65. The van der Waals surface area contributed by atoms with Gasteiger partial charge in [-0.15, -0.1) is 0 Å². The number of aromatic nitrogens is 4. The van der Waals surface area contributed by atoms with Gasteiger partial charge in [0.05, 0.1) is 41.6 Å². The van der Waals surface area contributed by atoms with Crippen LogP contribution in [0.1, 0.15) is 18.6 Å². The number of fused-ring (bicyclic) bond motifs is 1. The van der Waals surface area contributed by atoms with Crippen LogP contribution in [0.5, 0.6) is 5.88 Å². The number of carbonyl (C=O) groups excluding carboxylic acids is 1. The molecule has 0 aromatic carbocycles. The lowest BCUT2D eigenvalue weighted by Gasteiger charge is -2.16. The van der Waals surface area contributed by atoms with Gasteiger partial charge < -0.3 is 20.1 Å². The summed E-state index contributed by atoms with van der Waals surface area (Å²) in [5.74, 6) is -0.449. The van der Waals surface area contributed by atoms with Gasteiger partial charge in [-0.3, -0.25) is 0 Å². The van der Waals surface area contributed by atoms with Gasteiger partial charge >= 0.3 is 12.6 Å². The van der Waals surface area contributed by atoms with Crippen molar-refractivity contribution in [2.75, 3.05) is 17.7 Å². The molecule has 3 aromatic rings. The molecule has 1 atom stereocenters. The number of alkyl halides is 2. The van der Waals surface area contributed by atoms with Crippen LogP contribution in [-0.4, -0.2) is 39.3 Å². The Labute approximate surface area is 172 Å². The summed E-state index contributed by atoms with van der Waals surface area (Å²) in [7, 11) is 1.51. The molecule has 0 bridgehead atoms. The molecule has 0 aliphatic carbocycles.